The van der Waals surface area contributed by atoms with E-state index in [4.69, 9.17) is 11.6 Å². The Morgan fingerprint density at radius 2 is 1.59 bits per heavy atom. The van der Waals surface area contributed by atoms with Crippen LogP contribution in [0.25, 0.3) is 22.5 Å². The monoisotopic (exact) mass is 569 g/mol. The van der Waals surface area contributed by atoms with Gasteiger partial charge < -0.3 is 5.11 Å². The summed E-state index contributed by atoms with van der Waals surface area (Å²) in [5, 5.41) is 14.1. The summed E-state index contributed by atoms with van der Waals surface area (Å²) in [7, 11) is 0. The van der Waals surface area contributed by atoms with Crippen molar-refractivity contribution in [1.29, 1.82) is 0 Å². The van der Waals surface area contributed by atoms with Crippen LogP contribution < -0.4 is 5.69 Å². The Balaban J connectivity index is 1.81. The van der Waals surface area contributed by atoms with Gasteiger partial charge in [-0.2, -0.15) is 26.3 Å². The molecule has 3 aromatic carbocycles. The molecule has 1 aromatic heterocycles. The van der Waals surface area contributed by atoms with Crippen LogP contribution >= 0.6 is 11.6 Å². The van der Waals surface area contributed by atoms with E-state index in [1.165, 1.54) is 48.5 Å². The minimum Gasteiger partial charge on any atom is -0.478 e. The third kappa shape index (κ3) is 6.33. The second kappa shape index (κ2) is 10.6. The molecule has 0 aliphatic heterocycles. The number of carboxylic acids is 1. The Bertz CT molecular complexity index is 1570. The molecule has 0 saturated carbocycles. The first-order valence-electron chi connectivity index (χ1n) is 11.3. The van der Waals surface area contributed by atoms with E-state index in [0.29, 0.717) is 10.6 Å². The Kier molecular flexibility index (Phi) is 7.60. The van der Waals surface area contributed by atoms with E-state index in [9.17, 15) is 41.0 Å². The average Bonchev–Trinajstić information content (AvgIpc) is 3.17. The van der Waals surface area contributed by atoms with Crippen LogP contribution in [0.2, 0.25) is 5.02 Å². The zero-order valence-electron chi connectivity index (χ0n) is 19.7. The lowest BCUT2D eigenvalue weighted by Crippen LogP contribution is -2.27. The zero-order chi connectivity index (χ0) is 28.5. The minimum absolute atomic E-state index is 0.0642. The van der Waals surface area contributed by atoms with Crippen LogP contribution in [0.4, 0.5) is 26.3 Å². The highest BCUT2D eigenvalue weighted by molar-refractivity contribution is 6.30. The minimum atomic E-state index is -4.77. The molecule has 4 aromatic rings. The molecule has 0 aliphatic carbocycles. The molecule has 39 heavy (non-hydrogen) atoms. The summed E-state index contributed by atoms with van der Waals surface area (Å²) < 4.78 is 81.6. The van der Waals surface area contributed by atoms with E-state index < -0.39 is 48.1 Å². The molecular formula is C26H18ClF6N3O3. The maximum absolute atomic E-state index is 13.7. The van der Waals surface area contributed by atoms with E-state index in [1.54, 1.807) is 0 Å². The topological polar surface area (TPSA) is 77.1 Å². The van der Waals surface area contributed by atoms with Crippen molar-refractivity contribution < 1.29 is 36.2 Å². The Hall–Kier alpha value is -4.06. The molecule has 6 nitrogen and oxygen atoms in total. The fraction of sp³-hybridized carbons (Fsp3) is 0.192. The molecule has 0 fully saturated rings. The van der Waals surface area contributed by atoms with Crippen LogP contribution in [-0.4, -0.2) is 31.6 Å². The maximum Gasteiger partial charge on any atom is 0.417 e. The summed E-state index contributed by atoms with van der Waals surface area (Å²) in [5.41, 5.74) is -2.44. The van der Waals surface area contributed by atoms with E-state index in [1.807, 2.05) is 0 Å². The molecule has 0 unspecified atom stereocenters. The van der Waals surface area contributed by atoms with Gasteiger partial charge in [-0.25, -0.2) is 14.3 Å². The fourth-order valence-corrected chi connectivity index (χ4v) is 4.16. The molecule has 0 atom stereocenters. The molecule has 4 rings (SSSR count). The fourth-order valence-electron chi connectivity index (χ4n) is 4.03. The van der Waals surface area contributed by atoms with Crippen molar-refractivity contribution in [2.24, 2.45) is 0 Å². The lowest BCUT2D eigenvalue weighted by Gasteiger charge is -2.15. The van der Waals surface area contributed by atoms with Gasteiger partial charge in [0.25, 0.3) is 0 Å². The van der Waals surface area contributed by atoms with Gasteiger partial charge in [0.05, 0.1) is 24.1 Å². The van der Waals surface area contributed by atoms with Gasteiger partial charge in [0, 0.05) is 17.1 Å². The molecular weight excluding hydrogens is 552 g/mol. The van der Waals surface area contributed by atoms with E-state index in [0.717, 1.165) is 27.4 Å². The number of hydrogen-bond donors (Lipinski definition) is 1. The molecule has 0 bridgehead atoms. The Labute approximate surface area is 221 Å². The molecule has 0 aliphatic rings. The maximum atomic E-state index is 13.7. The number of halogens is 7. The van der Waals surface area contributed by atoms with Gasteiger partial charge in [0.1, 0.15) is 0 Å². The number of carbonyl (C=O) groups is 1. The Morgan fingerprint density at radius 1 is 0.923 bits per heavy atom. The summed E-state index contributed by atoms with van der Waals surface area (Å²) in [6.07, 6.45) is -10.6. The predicted molar refractivity (Wildman–Crippen MR) is 131 cm³/mol. The van der Waals surface area contributed by atoms with Crippen molar-refractivity contribution in [2.75, 3.05) is 0 Å². The molecule has 0 amide bonds. The van der Waals surface area contributed by atoms with Crippen molar-refractivity contribution in [3.05, 3.63) is 98.9 Å². The number of benzene rings is 3. The van der Waals surface area contributed by atoms with Crippen molar-refractivity contribution in [3.63, 3.8) is 0 Å². The van der Waals surface area contributed by atoms with Crippen LogP contribution in [-0.2, 0) is 19.3 Å². The van der Waals surface area contributed by atoms with E-state index >= 15 is 0 Å². The highest BCUT2D eigenvalue weighted by Crippen LogP contribution is 2.38. The quantitative estimate of drug-likeness (QED) is 0.250. The third-order valence-corrected chi connectivity index (χ3v) is 6.07. The predicted octanol–water partition coefficient (Wildman–Crippen LogP) is 6.75. The van der Waals surface area contributed by atoms with Crippen LogP contribution in [0.1, 0.15) is 27.9 Å². The second-order valence-electron chi connectivity index (χ2n) is 8.52. The van der Waals surface area contributed by atoms with Crippen LogP contribution in [0.15, 0.2) is 71.5 Å². The average molecular weight is 570 g/mol. The summed E-state index contributed by atoms with van der Waals surface area (Å²) in [6.45, 7) is -1.07. The molecule has 204 valence electrons. The summed E-state index contributed by atoms with van der Waals surface area (Å²) in [4.78, 5) is 24.9. The van der Waals surface area contributed by atoms with Crippen LogP contribution in [0.5, 0.6) is 0 Å². The first-order valence-corrected chi connectivity index (χ1v) is 11.7. The molecule has 0 saturated heterocycles. The van der Waals surface area contributed by atoms with Gasteiger partial charge in [-0.3, -0.25) is 4.57 Å². The van der Waals surface area contributed by atoms with Crippen LogP contribution in [0, 0.1) is 0 Å². The summed E-state index contributed by atoms with van der Waals surface area (Å²) >= 11 is 5.89. The lowest BCUT2D eigenvalue weighted by molar-refractivity contribution is -0.137. The van der Waals surface area contributed by atoms with Crippen molar-refractivity contribution in [3.8, 4) is 22.5 Å². The Morgan fingerprint density at radius 3 is 2.21 bits per heavy atom. The van der Waals surface area contributed by atoms with Gasteiger partial charge >= 0.3 is 24.0 Å². The SMILES string of the molecule is O=C(O)c1ccc(Cn2nc(-c3ccc(Cl)cc3)n(CCC(F)(F)F)c2=O)cc1-c1ccccc1C(F)(F)F. The van der Waals surface area contributed by atoms with E-state index in [-0.39, 0.29) is 29.1 Å². The first kappa shape index (κ1) is 28.0. The normalized spacial score (nSPS) is 12.1. The standard InChI is InChI=1S/C26H18ClF6N3O3/c27-17-8-6-16(7-9-17)22-34-36(24(39)35(22)12-11-25(28,29)30)14-15-5-10-19(23(37)38)20(13-15)18-3-1-2-4-21(18)26(31,32)33/h1-10,13H,11-12,14H2,(H,37,38). The first-order chi connectivity index (χ1) is 18.2. The summed E-state index contributed by atoms with van der Waals surface area (Å²) in [5.74, 6) is -1.53. The van der Waals surface area contributed by atoms with Crippen molar-refractivity contribution >= 4 is 17.6 Å². The van der Waals surface area contributed by atoms with Gasteiger partial charge in [0.15, 0.2) is 5.82 Å². The van der Waals surface area contributed by atoms with E-state index in [2.05, 4.69) is 5.10 Å². The number of carboxylic acid groups (broad SMARTS) is 1. The smallest absolute Gasteiger partial charge is 0.417 e. The number of alkyl halides is 6. The van der Waals surface area contributed by atoms with Gasteiger partial charge in [-0.1, -0.05) is 35.9 Å². The van der Waals surface area contributed by atoms with Crippen LogP contribution in [0.3, 0.4) is 0 Å². The number of aromatic nitrogens is 3. The number of rotatable bonds is 7. The number of nitrogens with zero attached hydrogens (tertiary/aromatic N) is 3. The number of hydrogen-bond acceptors (Lipinski definition) is 3. The number of aromatic carboxylic acids is 1. The molecule has 0 radical (unpaired) electrons. The van der Waals surface area contributed by atoms with Crippen molar-refractivity contribution in [2.45, 2.75) is 31.9 Å². The zero-order valence-corrected chi connectivity index (χ0v) is 20.5. The highest BCUT2D eigenvalue weighted by Gasteiger charge is 2.34. The van der Waals surface area contributed by atoms with Crippen molar-refractivity contribution in [1.82, 2.24) is 14.3 Å². The lowest BCUT2D eigenvalue weighted by atomic mass is 9.93. The summed E-state index contributed by atoms with van der Waals surface area (Å²) in [6, 6.07) is 13.9. The molecule has 1 N–H and O–H groups in total. The highest BCUT2D eigenvalue weighted by atomic mass is 35.5. The van der Waals surface area contributed by atoms with Gasteiger partial charge in [0.2, 0.25) is 0 Å². The molecule has 0 spiro atoms. The van der Waals surface area contributed by atoms with Gasteiger partial charge in [-0.05, 0) is 59.2 Å². The molecule has 13 heteroatoms. The largest absolute Gasteiger partial charge is 0.478 e. The van der Waals surface area contributed by atoms with Gasteiger partial charge in [-0.15, -0.1) is 5.10 Å². The second-order valence-corrected chi connectivity index (χ2v) is 8.95. The third-order valence-electron chi connectivity index (χ3n) is 5.81. The molecule has 1 heterocycles.